The largest absolute Gasteiger partial charge is 0.459 e. The molecule has 11 heteroatoms. The number of nitrogens with zero attached hydrogens (tertiary/aromatic N) is 3. The van der Waals surface area contributed by atoms with Crippen molar-refractivity contribution in [2.75, 3.05) is 32.7 Å². The summed E-state index contributed by atoms with van der Waals surface area (Å²) in [6.45, 7) is 14.2. The van der Waals surface area contributed by atoms with Gasteiger partial charge in [0.2, 0.25) is 5.91 Å². The highest BCUT2D eigenvalue weighted by molar-refractivity contribution is 5.81. The second-order valence-electron chi connectivity index (χ2n) is 13.9. The number of benzene rings is 2. The number of carbonyl (C=O) groups is 2. The fourth-order valence-corrected chi connectivity index (χ4v) is 6.20. The minimum Gasteiger partial charge on any atom is -0.459 e. The molecule has 1 amide bonds. The highest BCUT2D eigenvalue weighted by Gasteiger charge is 2.46. The molecule has 0 aliphatic carbocycles. The van der Waals surface area contributed by atoms with Gasteiger partial charge in [0.1, 0.15) is 11.6 Å². The number of rotatable bonds is 6. The van der Waals surface area contributed by atoms with Crippen LogP contribution in [0.15, 0.2) is 30.3 Å². The zero-order valence-electron chi connectivity index (χ0n) is 26.4. The molecule has 2 aliphatic rings. The van der Waals surface area contributed by atoms with Crippen molar-refractivity contribution in [2.24, 2.45) is 5.92 Å². The molecule has 2 heterocycles. The van der Waals surface area contributed by atoms with Gasteiger partial charge in [-0.3, -0.25) is 19.4 Å². The summed E-state index contributed by atoms with van der Waals surface area (Å²) in [5.74, 6) is -8.42. The third-order valence-corrected chi connectivity index (χ3v) is 8.56. The number of likely N-dealkylation sites (tertiary alicyclic amines) is 1. The summed E-state index contributed by atoms with van der Waals surface area (Å²) < 4.78 is 77.3. The van der Waals surface area contributed by atoms with Crippen molar-refractivity contribution in [3.05, 3.63) is 70.5 Å². The van der Waals surface area contributed by atoms with Crippen LogP contribution in [0.1, 0.15) is 65.5 Å². The maximum absolute atomic E-state index is 15.0. The van der Waals surface area contributed by atoms with Gasteiger partial charge in [-0.15, -0.1) is 0 Å². The highest BCUT2D eigenvalue weighted by atomic mass is 19.2. The Bertz CT molecular complexity index is 1390. The Balaban J connectivity index is 1.58. The maximum atomic E-state index is 15.0. The van der Waals surface area contributed by atoms with E-state index in [9.17, 15) is 27.2 Å². The van der Waals surface area contributed by atoms with Gasteiger partial charge in [0.15, 0.2) is 29.1 Å². The van der Waals surface area contributed by atoms with Crippen molar-refractivity contribution in [2.45, 2.75) is 84.0 Å². The molecule has 0 radical (unpaired) electrons. The van der Waals surface area contributed by atoms with E-state index in [4.69, 9.17) is 4.74 Å². The van der Waals surface area contributed by atoms with Crippen LogP contribution in [-0.4, -0.2) is 82.5 Å². The number of halogens is 5. The average molecular weight is 624 g/mol. The molecule has 44 heavy (non-hydrogen) atoms. The van der Waals surface area contributed by atoms with Crippen LogP contribution in [0.5, 0.6) is 0 Å². The van der Waals surface area contributed by atoms with Gasteiger partial charge in [0, 0.05) is 56.6 Å². The predicted molar refractivity (Wildman–Crippen MR) is 156 cm³/mol. The maximum Gasteiger partial charge on any atom is 0.324 e. The molecule has 0 spiro atoms. The van der Waals surface area contributed by atoms with Crippen LogP contribution < -0.4 is 0 Å². The van der Waals surface area contributed by atoms with Gasteiger partial charge < -0.3 is 9.64 Å². The van der Waals surface area contributed by atoms with Gasteiger partial charge >= 0.3 is 5.97 Å². The van der Waals surface area contributed by atoms with Crippen LogP contribution in [0.4, 0.5) is 22.0 Å². The predicted octanol–water partition coefficient (Wildman–Crippen LogP) is 5.68. The zero-order valence-corrected chi connectivity index (χ0v) is 26.4. The van der Waals surface area contributed by atoms with E-state index in [2.05, 4.69) is 0 Å². The third-order valence-electron chi connectivity index (χ3n) is 8.56. The van der Waals surface area contributed by atoms with Gasteiger partial charge in [-0.1, -0.05) is 18.2 Å². The van der Waals surface area contributed by atoms with Crippen LogP contribution in [0.2, 0.25) is 0 Å². The Labute approximate surface area is 256 Å². The average Bonchev–Trinajstić information content (AvgIpc) is 3.37. The van der Waals surface area contributed by atoms with Crippen LogP contribution in [-0.2, 0) is 20.7 Å². The Morgan fingerprint density at radius 3 is 2.14 bits per heavy atom. The number of hydrogen-bond donors (Lipinski definition) is 0. The van der Waals surface area contributed by atoms with E-state index in [1.807, 2.05) is 37.5 Å². The molecule has 2 saturated heterocycles. The van der Waals surface area contributed by atoms with Crippen LogP contribution in [0.25, 0.3) is 0 Å². The summed E-state index contributed by atoms with van der Waals surface area (Å²) in [5, 5.41) is 0. The first kappa shape index (κ1) is 33.8. The number of hydrogen-bond acceptors (Lipinski definition) is 5. The van der Waals surface area contributed by atoms with E-state index in [1.54, 1.807) is 25.7 Å². The van der Waals surface area contributed by atoms with E-state index in [1.165, 1.54) is 18.2 Å². The van der Waals surface area contributed by atoms with Gasteiger partial charge in [-0.2, -0.15) is 0 Å². The molecular weight excluding hydrogens is 581 g/mol. The van der Waals surface area contributed by atoms with E-state index in [0.29, 0.717) is 6.54 Å². The molecule has 0 unspecified atom stereocenters. The fourth-order valence-electron chi connectivity index (χ4n) is 6.20. The second-order valence-corrected chi connectivity index (χ2v) is 13.9. The summed E-state index contributed by atoms with van der Waals surface area (Å²) in [6, 6.07) is 4.58. The summed E-state index contributed by atoms with van der Waals surface area (Å²) >= 11 is 0. The molecule has 4 rings (SSSR count). The zero-order chi connectivity index (χ0) is 32.7. The summed E-state index contributed by atoms with van der Waals surface area (Å²) in [7, 11) is 0. The lowest BCUT2D eigenvalue weighted by Crippen LogP contribution is -2.60. The van der Waals surface area contributed by atoms with Crippen LogP contribution in [0.3, 0.4) is 0 Å². The van der Waals surface area contributed by atoms with Gasteiger partial charge in [-0.05, 0) is 71.7 Å². The molecule has 4 atom stereocenters. The van der Waals surface area contributed by atoms with E-state index in [0.717, 1.165) is 12.1 Å². The second kappa shape index (κ2) is 12.7. The molecule has 2 aromatic rings. The topological polar surface area (TPSA) is 53.1 Å². The Morgan fingerprint density at radius 1 is 0.864 bits per heavy atom. The standard InChI is InChI=1S/C33H42F5N3O3/c1-19-16-39(26(31(43)44-33(5,6)7)15-20-9-8-10-24(34)27(20)36)13-14-41(19)30(42)23-18-40(32(2,3)4)17-22(23)21-11-12-25(35)29(38)28(21)37/h8-12,19,22-23,26H,13-18H2,1-7H3/t19-,22-,23+,26-/m0/s1. The lowest BCUT2D eigenvalue weighted by atomic mass is 9.87. The third kappa shape index (κ3) is 7.25. The number of carbonyl (C=O) groups excluding carboxylic acids is 2. The summed E-state index contributed by atoms with van der Waals surface area (Å²) in [4.78, 5) is 33.0. The monoisotopic (exact) mass is 623 g/mol. The summed E-state index contributed by atoms with van der Waals surface area (Å²) in [6.07, 6.45) is -0.125. The molecule has 0 saturated carbocycles. The van der Waals surface area contributed by atoms with Crippen molar-refractivity contribution in [3.63, 3.8) is 0 Å². The Kier molecular flexibility index (Phi) is 9.80. The smallest absolute Gasteiger partial charge is 0.324 e. The van der Waals surface area contributed by atoms with E-state index < -0.39 is 64.6 Å². The van der Waals surface area contributed by atoms with E-state index >= 15 is 4.39 Å². The van der Waals surface area contributed by atoms with Crippen molar-refractivity contribution in [1.82, 2.24) is 14.7 Å². The molecule has 2 fully saturated rings. The first-order chi connectivity index (χ1) is 20.4. The van der Waals surface area contributed by atoms with Crippen molar-refractivity contribution in [3.8, 4) is 0 Å². The molecule has 2 aromatic carbocycles. The molecule has 242 valence electrons. The van der Waals surface area contributed by atoms with Crippen molar-refractivity contribution in [1.29, 1.82) is 0 Å². The molecule has 0 N–H and O–H groups in total. The number of piperazine rings is 1. The number of ether oxygens (including phenoxy) is 1. The van der Waals surface area contributed by atoms with E-state index in [-0.39, 0.29) is 55.2 Å². The van der Waals surface area contributed by atoms with Crippen LogP contribution in [0, 0.1) is 35.0 Å². The quantitative estimate of drug-likeness (QED) is 0.236. The first-order valence-electron chi connectivity index (χ1n) is 15.0. The number of esters is 1. The Hall–Kier alpha value is -3.05. The van der Waals surface area contributed by atoms with Crippen molar-refractivity contribution >= 4 is 11.9 Å². The highest BCUT2D eigenvalue weighted by Crippen LogP contribution is 2.39. The van der Waals surface area contributed by atoms with Crippen LogP contribution >= 0.6 is 0 Å². The van der Waals surface area contributed by atoms with Gasteiger partial charge in [-0.25, -0.2) is 22.0 Å². The minimum atomic E-state index is -1.56. The Morgan fingerprint density at radius 2 is 1.52 bits per heavy atom. The normalized spacial score (nSPS) is 22.7. The SMILES string of the molecule is C[C@H]1CN([C@@H](Cc2cccc(F)c2F)C(=O)OC(C)(C)C)CCN1C(=O)[C@@H]1CN(C(C)(C)C)C[C@H]1c1ccc(F)c(F)c1F. The molecular formula is C33H42F5N3O3. The summed E-state index contributed by atoms with van der Waals surface area (Å²) in [5.41, 5.74) is -1.18. The molecule has 2 aliphatic heterocycles. The minimum absolute atomic E-state index is 0.0386. The number of amides is 1. The van der Waals surface area contributed by atoms with Gasteiger partial charge in [0.25, 0.3) is 0 Å². The molecule has 0 aromatic heterocycles. The van der Waals surface area contributed by atoms with Crippen molar-refractivity contribution < 1.29 is 36.3 Å². The molecule has 6 nitrogen and oxygen atoms in total. The molecule has 0 bridgehead atoms. The lowest BCUT2D eigenvalue weighted by Gasteiger charge is -2.44. The van der Waals surface area contributed by atoms with Gasteiger partial charge in [0.05, 0.1) is 5.92 Å². The fraction of sp³-hybridized carbons (Fsp3) is 0.576. The lowest BCUT2D eigenvalue weighted by molar-refractivity contribution is -0.163. The first-order valence-corrected chi connectivity index (χ1v) is 15.0.